The van der Waals surface area contributed by atoms with Crippen molar-refractivity contribution in [2.24, 2.45) is 0 Å². The number of ether oxygens (including phenoxy) is 3. The summed E-state index contributed by atoms with van der Waals surface area (Å²) in [5, 5.41) is 0. The van der Waals surface area contributed by atoms with Gasteiger partial charge in [-0.2, -0.15) is 0 Å². The molecule has 21 heavy (non-hydrogen) atoms. The Morgan fingerprint density at radius 2 is 1.52 bits per heavy atom. The van der Waals surface area contributed by atoms with E-state index in [1.54, 1.807) is 0 Å². The van der Waals surface area contributed by atoms with E-state index in [-0.39, 0.29) is 24.4 Å². The minimum atomic E-state index is -0.0500. The molecule has 4 unspecified atom stereocenters. The molecule has 2 bridgehead atoms. The average Bonchev–Trinajstić information content (AvgIpc) is 3.02. The van der Waals surface area contributed by atoms with Crippen LogP contribution in [0.25, 0.3) is 0 Å². The smallest absolute Gasteiger partial charge is 0.175 e. The largest absolute Gasteiger partial charge is 0.479 e. The number of hydrogen-bond acceptors (Lipinski definition) is 3. The lowest BCUT2D eigenvalue weighted by atomic mass is 9.87. The molecule has 5 rings (SSSR count). The molecule has 3 aliphatic heterocycles. The summed E-state index contributed by atoms with van der Waals surface area (Å²) in [4.78, 5) is 0. The van der Waals surface area contributed by atoms with Crippen molar-refractivity contribution in [2.45, 2.75) is 24.4 Å². The van der Waals surface area contributed by atoms with Gasteiger partial charge in [0.1, 0.15) is 12.2 Å². The van der Waals surface area contributed by atoms with Gasteiger partial charge in [0.15, 0.2) is 23.7 Å². The third kappa shape index (κ3) is 1.74. The van der Waals surface area contributed by atoms with E-state index in [0.29, 0.717) is 0 Å². The zero-order valence-corrected chi connectivity index (χ0v) is 15.1. The van der Waals surface area contributed by atoms with Crippen molar-refractivity contribution in [1.82, 2.24) is 0 Å². The Morgan fingerprint density at radius 1 is 0.857 bits per heavy atom. The van der Waals surface area contributed by atoms with Crippen LogP contribution in [-0.2, 0) is 4.74 Å². The maximum Gasteiger partial charge on any atom is 0.175 e. The van der Waals surface area contributed by atoms with Crippen LogP contribution in [0, 0.1) is 7.14 Å². The Labute approximate surface area is 149 Å². The predicted molar refractivity (Wildman–Crippen MR) is 93.7 cm³/mol. The Bertz CT molecular complexity index is 761. The van der Waals surface area contributed by atoms with Crippen molar-refractivity contribution < 1.29 is 14.2 Å². The molecule has 106 valence electrons. The van der Waals surface area contributed by atoms with Crippen LogP contribution in [0.1, 0.15) is 23.3 Å². The van der Waals surface area contributed by atoms with Crippen molar-refractivity contribution in [3.05, 3.63) is 54.7 Å². The second kappa shape index (κ2) is 4.48. The first-order valence-corrected chi connectivity index (χ1v) is 8.95. The van der Waals surface area contributed by atoms with Gasteiger partial charge in [-0.05, 0) is 68.4 Å². The summed E-state index contributed by atoms with van der Waals surface area (Å²) in [6.07, 6.45) is -0.128. The molecule has 1 fully saturated rings. The van der Waals surface area contributed by atoms with Crippen LogP contribution in [0.4, 0.5) is 0 Å². The standard InChI is InChI=1S/C16H10I2O3/c17-7-5-10(18)14-11(6-7)19-15-12-8-3-1-2-4-9(8)13(20-12)16(15)21-14/h1-6,12-13,15-16H. The van der Waals surface area contributed by atoms with Gasteiger partial charge in [-0.3, -0.25) is 0 Å². The highest BCUT2D eigenvalue weighted by Gasteiger charge is 2.57. The third-order valence-electron chi connectivity index (χ3n) is 4.31. The summed E-state index contributed by atoms with van der Waals surface area (Å²) < 4.78 is 20.9. The molecular weight excluding hydrogens is 494 g/mol. The first-order valence-electron chi connectivity index (χ1n) is 6.79. The van der Waals surface area contributed by atoms with E-state index >= 15 is 0 Å². The monoisotopic (exact) mass is 504 g/mol. The van der Waals surface area contributed by atoms with Crippen LogP contribution >= 0.6 is 45.2 Å². The zero-order chi connectivity index (χ0) is 14.1. The van der Waals surface area contributed by atoms with Gasteiger partial charge < -0.3 is 14.2 Å². The first-order chi connectivity index (χ1) is 10.2. The maximum absolute atomic E-state index is 6.27. The molecule has 3 aliphatic rings. The average molecular weight is 504 g/mol. The van der Waals surface area contributed by atoms with Gasteiger partial charge in [-0.25, -0.2) is 0 Å². The van der Waals surface area contributed by atoms with Gasteiger partial charge in [0.2, 0.25) is 0 Å². The number of halogens is 2. The number of benzene rings is 2. The Morgan fingerprint density at radius 3 is 2.24 bits per heavy atom. The van der Waals surface area contributed by atoms with Gasteiger partial charge in [0.05, 0.1) is 3.57 Å². The molecule has 0 aromatic heterocycles. The lowest BCUT2D eigenvalue weighted by Gasteiger charge is -2.35. The highest BCUT2D eigenvalue weighted by Crippen LogP contribution is 2.56. The predicted octanol–water partition coefficient (Wildman–Crippen LogP) is 4.23. The summed E-state index contributed by atoms with van der Waals surface area (Å²) in [5.41, 5.74) is 2.49. The second-order valence-electron chi connectivity index (χ2n) is 5.49. The summed E-state index contributed by atoms with van der Waals surface area (Å²) in [5.74, 6) is 1.69. The summed E-state index contributed by atoms with van der Waals surface area (Å²) in [7, 11) is 0. The van der Waals surface area contributed by atoms with Gasteiger partial charge in [0.25, 0.3) is 0 Å². The van der Waals surface area contributed by atoms with Gasteiger partial charge in [0, 0.05) is 3.57 Å². The Hall–Kier alpha value is -0.540. The zero-order valence-electron chi connectivity index (χ0n) is 10.8. The minimum absolute atomic E-state index is 0.0140. The topological polar surface area (TPSA) is 27.7 Å². The molecule has 5 heteroatoms. The van der Waals surface area contributed by atoms with E-state index in [2.05, 4.69) is 75.5 Å². The summed E-state index contributed by atoms with van der Waals surface area (Å²) in [6, 6.07) is 12.5. The lowest BCUT2D eigenvalue weighted by molar-refractivity contribution is 0.0215. The maximum atomic E-state index is 6.27. The van der Waals surface area contributed by atoms with E-state index in [1.807, 2.05) is 6.07 Å². The van der Waals surface area contributed by atoms with E-state index in [1.165, 1.54) is 11.1 Å². The van der Waals surface area contributed by atoms with E-state index < -0.39 is 0 Å². The highest BCUT2D eigenvalue weighted by molar-refractivity contribution is 14.1. The third-order valence-corrected chi connectivity index (χ3v) is 5.74. The Balaban J connectivity index is 1.62. The quantitative estimate of drug-likeness (QED) is 0.504. The fourth-order valence-electron chi connectivity index (χ4n) is 3.47. The fraction of sp³-hybridized carbons (Fsp3) is 0.250. The van der Waals surface area contributed by atoms with E-state index in [9.17, 15) is 0 Å². The minimum Gasteiger partial charge on any atom is -0.479 e. The molecule has 0 N–H and O–H groups in total. The SMILES string of the molecule is Ic1cc(I)c2c(c1)OC1C3OC(c4ccccc43)C1O2. The molecule has 1 saturated heterocycles. The molecule has 0 radical (unpaired) electrons. The van der Waals surface area contributed by atoms with Crippen LogP contribution in [0.3, 0.4) is 0 Å². The van der Waals surface area contributed by atoms with Crippen LogP contribution in [0.15, 0.2) is 36.4 Å². The van der Waals surface area contributed by atoms with Crippen molar-refractivity contribution in [3.8, 4) is 11.5 Å². The molecule has 2 aromatic rings. The van der Waals surface area contributed by atoms with Crippen LogP contribution in [0.5, 0.6) is 11.5 Å². The molecule has 2 aromatic carbocycles. The van der Waals surface area contributed by atoms with Crippen molar-refractivity contribution >= 4 is 45.2 Å². The number of fused-ring (bicyclic) bond motifs is 9. The van der Waals surface area contributed by atoms with Crippen LogP contribution < -0.4 is 9.47 Å². The van der Waals surface area contributed by atoms with Gasteiger partial charge >= 0.3 is 0 Å². The van der Waals surface area contributed by atoms with Gasteiger partial charge in [-0.1, -0.05) is 24.3 Å². The Kier molecular flexibility index (Phi) is 2.76. The van der Waals surface area contributed by atoms with Crippen LogP contribution in [-0.4, -0.2) is 12.2 Å². The molecule has 0 saturated carbocycles. The molecule has 0 aliphatic carbocycles. The molecule has 0 amide bonds. The summed E-state index contributed by atoms with van der Waals surface area (Å²) >= 11 is 4.61. The first kappa shape index (κ1) is 13.0. The normalized spacial score (nSPS) is 31.0. The van der Waals surface area contributed by atoms with Crippen molar-refractivity contribution in [1.29, 1.82) is 0 Å². The van der Waals surface area contributed by atoms with E-state index in [0.717, 1.165) is 18.6 Å². The molecule has 0 spiro atoms. The second-order valence-corrected chi connectivity index (χ2v) is 7.89. The van der Waals surface area contributed by atoms with Crippen LogP contribution in [0.2, 0.25) is 0 Å². The van der Waals surface area contributed by atoms with Gasteiger partial charge in [-0.15, -0.1) is 0 Å². The highest BCUT2D eigenvalue weighted by atomic mass is 127. The number of hydrogen-bond donors (Lipinski definition) is 0. The summed E-state index contributed by atoms with van der Waals surface area (Å²) in [6.45, 7) is 0. The molecule has 3 heterocycles. The van der Waals surface area contributed by atoms with Crippen molar-refractivity contribution in [3.63, 3.8) is 0 Å². The lowest BCUT2D eigenvalue weighted by Crippen LogP contribution is -2.43. The number of rotatable bonds is 0. The molecule has 3 nitrogen and oxygen atoms in total. The van der Waals surface area contributed by atoms with E-state index in [4.69, 9.17) is 14.2 Å². The molecular formula is C16H10I2O3. The fourth-order valence-corrected chi connectivity index (χ4v) is 5.38. The van der Waals surface area contributed by atoms with Crippen molar-refractivity contribution in [2.75, 3.05) is 0 Å². The molecule has 4 atom stereocenters.